The molecule has 1 aliphatic rings. The second-order valence-corrected chi connectivity index (χ2v) is 13.8. The van der Waals surface area contributed by atoms with Gasteiger partial charge in [0.05, 0.1) is 17.3 Å². The van der Waals surface area contributed by atoms with Crippen molar-refractivity contribution in [2.45, 2.75) is 35.9 Å². The third-order valence-corrected chi connectivity index (χ3v) is 9.89. The van der Waals surface area contributed by atoms with Gasteiger partial charge in [0.25, 0.3) is 5.91 Å². The maximum Gasteiger partial charge on any atom is 0.252 e. The average molecular weight is 683 g/mol. The number of azide groups is 1. The number of hydrogen-bond donors (Lipinski definition) is 2. The predicted molar refractivity (Wildman–Crippen MR) is 188 cm³/mol. The summed E-state index contributed by atoms with van der Waals surface area (Å²) in [6.45, 7) is 0.491. The third-order valence-electron chi connectivity index (χ3n) is 8.16. The fraction of sp³-hybridized carbons (Fsp3) is 0.278. The lowest BCUT2D eigenvalue weighted by atomic mass is 9.84. The van der Waals surface area contributed by atoms with E-state index in [0.29, 0.717) is 29.9 Å². The van der Waals surface area contributed by atoms with Gasteiger partial charge in [-0.05, 0) is 59.6 Å². The summed E-state index contributed by atoms with van der Waals surface area (Å²) < 4.78 is 39.4. The minimum atomic E-state index is -3.85. The molecule has 0 aromatic heterocycles. The average Bonchev–Trinajstić information content (AvgIpc) is 3.52. The lowest BCUT2D eigenvalue weighted by molar-refractivity contribution is -0.129. The van der Waals surface area contributed by atoms with Crippen molar-refractivity contribution < 1.29 is 27.8 Å². The Labute approximate surface area is 285 Å². The zero-order valence-corrected chi connectivity index (χ0v) is 28.1. The van der Waals surface area contributed by atoms with Gasteiger partial charge in [0, 0.05) is 67.5 Å². The number of rotatable bonds is 15. The Hall–Kier alpha value is -5.36. The van der Waals surface area contributed by atoms with E-state index in [1.807, 2.05) is 43.3 Å². The summed E-state index contributed by atoms with van der Waals surface area (Å²) in [6.07, 6.45) is -0.907. The lowest BCUT2D eigenvalue weighted by Crippen LogP contribution is -2.49. The lowest BCUT2D eigenvalue weighted by Gasteiger charge is -2.31. The van der Waals surface area contributed by atoms with Crippen LogP contribution in [-0.4, -0.2) is 63.9 Å². The number of benzene rings is 4. The molecule has 0 unspecified atom stereocenters. The molecule has 0 saturated carbocycles. The number of carbonyl (C=O) groups excluding carboxylic acids is 1. The molecule has 0 saturated heterocycles. The van der Waals surface area contributed by atoms with Crippen LogP contribution in [0.4, 0.5) is 11.4 Å². The Kier molecular flexibility index (Phi) is 11.2. The summed E-state index contributed by atoms with van der Waals surface area (Å²) in [5.74, 6) is -0.281. The van der Waals surface area contributed by atoms with E-state index in [4.69, 9.17) is 19.6 Å². The number of ether oxygens (including phenoxy) is 2. The molecule has 2 atom stereocenters. The predicted octanol–water partition coefficient (Wildman–Crippen LogP) is 5.89. The van der Waals surface area contributed by atoms with E-state index in [1.54, 1.807) is 66.7 Å². The number of aliphatic imine (C=N–C) groups is 1. The molecule has 12 nitrogen and oxygen atoms in total. The van der Waals surface area contributed by atoms with Crippen LogP contribution in [0.1, 0.15) is 35.6 Å². The molecule has 4 aromatic rings. The Morgan fingerprint density at radius 2 is 1.71 bits per heavy atom. The standard InChI is InChI=1S/C36H38N6O6S/c1-42(2)28-17-13-26(14-18-28)25-38-35(44)36(21-24-49(45,46)30-9-4-3-5-10-30)33(31-11-6-7-12-32(31)40-41-37)48-34(39-36)27-15-19-29(20-16-27)47-23-8-22-43/h3-7,9-20,33,43H,8,21-25H2,1-2H3,(H,38,44)/t33-,36-/m1/s1. The van der Waals surface area contributed by atoms with Gasteiger partial charge in [0.1, 0.15) is 5.75 Å². The van der Waals surface area contributed by atoms with Crippen molar-refractivity contribution in [3.8, 4) is 5.75 Å². The van der Waals surface area contributed by atoms with Gasteiger partial charge < -0.3 is 24.8 Å². The molecule has 1 aliphatic heterocycles. The smallest absolute Gasteiger partial charge is 0.252 e. The minimum Gasteiger partial charge on any atom is -0.494 e. The molecule has 0 spiro atoms. The van der Waals surface area contributed by atoms with Crippen molar-refractivity contribution in [3.05, 3.63) is 130 Å². The molecule has 0 aliphatic carbocycles. The van der Waals surface area contributed by atoms with Crippen LogP contribution in [0.5, 0.6) is 5.75 Å². The highest BCUT2D eigenvalue weighted by atomic mass is 32.2. The first-order chi connectivity index (χ1) is 23.7. The molecule has 1 heterocycles. The van der Waals surface area contributed by atoms with Gasteiger partial charge in [-0.1, -0.05) is 59.7 Å². The topological polar surface area (TPSA) is 166 Å². The third kappa shape index (κ3) is 8.21. The molecule has 49 heavy (non-hydrogen) atoms. The van der Waals surface area contributed by atoms with Crippen molar-refractivity contribution >= 4 is 33.0 Å². The van der Waals surface area contributed by atoms with Gasteiger partial charge in [0.2, 0.25) is 5.90 Å². The van der Waals surface area contributed by atoms with Crippen LogP contribution in [0.25, 0.3) is 10.4 Å². The molecular weight excluding hydrogens is 644 g/mol. The van der Waals surface area contributed by atoms with E-state index >= 15 is 0 Å². The van der Waals surface area contributed by atoms with Crippen molar-refractivity contribution in [3.63, 3.8) is 0 Å². The van der Waals surface area contributed by atoms with E-state index in [9.17, 15) is 18.7 Å². The van der Waals surface area contributed by atoms with Crippen LogP contribution in [0, 0.1) is 0 Å². The fourth-order valence-electron chi connectivity index (χ4n) is 5.48. The van der Waals surface area contributed by atoms with Gasteiger partial charge in [-0.25, -0.2) is 13.4 Å². The molecule has 5 rings (SSSR count). The molecule has 4 aromatic carbocycles. The van der Waals surface area contributed by atoms with Crippen LogP contribution >= 0.6 is 0 Å². The number of amides is 1. The first kappa shape index (κ1) is 35.0. The van der Waals surface area contributed by atoms with Gasteiger partial charge in [-0.3, -0.25) is 4.79 Å². The maximum absolute atomic E-state index is 14.6. The van der Waals surface area contributed by atoms with Crippen molar-refractivity contribution in [2.75, 3.05) is 38.0 Å². The molecular formula is C36H38N6O6S. The van der Waals surface area contributed by atoms with Crippen LogP contribution in [0.3, 0.4) is 0 Å². The number of aliphatic hydroxyl groups is 1. The summed E-state index contributed by atoms with van der Waals surface area (Å²) in [4.78, 5) is 24.5. The molecule has 1 amide bonds. The summed E-state index contributed by atoms with van der Waals surface area (Å²) in [5.41, 5.74) is 10.5. The number of carbonyl (C=O) groups is 1. The SMILES string of the molecule is CN(C)c1ccc(CNC(=O)[C@]2(CCS(=O)(=O)c3ccccc3)N=C(c3ccc(OCCCO)cc3)O[C@@H]2c2ccccc2N=[N+]=[N-])cc1. The largest absolute Gasteiger partial charge is 0.494 e. The van der Waals surface area contributed by atoms with E-state index in [1.165, 1.54) is 12.1 Å². The zero-order valence-electron chi connectivity index (χ0n) is 27.3. The Morgan fingerprint density at radius 3 is 2.39 bits per heavy atom. The van der Waals surface area contributed by atoms with E-state index < -0.39 is 33.1 Å². The minimum absolute atomic E-state index is 0.00692. The van der Waals surface area contributed by atoms with Gasteiger partial charge in [-0.2, -0.15) is 0 Å². The Bertz CT molecular complexity index is 1930. The highest BCUT2D eigenvalue weighted by Crippen LogP contribution is 2.46. The maximum atomic E-state index is 14.6. The highest BCUT2D eigenvalue weighted by molar-refractivity contribution is 7.91. The first-order valence-corrected chi connectivity index (χ1v) is 17.4. The van der Waals surface area contributed by atoms with Crippen LogP contribution < -0.4 is 15.0 Å². The summed E-state index contributed by atoms with van der Waals surface area (Å²) in [6, 6.07) is 29.3. The molecule has 0 bridgehead atoms. The number of anilines is 1. The molecule has 254 valence electrons. The second kappa shape index (κ2) is 15.7. The van der Waals surface area contributed by atoms with Gasteiger partial charge in [-0.15, -0.1) is 0 Å². The van der Waals surface area contributed by atoms with Crippen LogP contribution in [0.15, 0.2) is 118 Å². The van der Waals surface area contributed by atoms with E-state index in [0.717, 1.165) is 11.3 Å². The summed E-state index contributed by atoms with van der Waals surface area (Å²) in [7, 11) is 0.0229. The fourth-order valence-corrected chi connectivity index (χ4v) is 6.87. The van der Waals surface area contributed by atoms with Crippen molar-refractivity contribution in [2.24, 2.45) is 10.1 Å². The highest BCUT2D eigenvalue weighted by Gasteiger charge is 2.54. The Balaban J connectivity index is 1.58. The number of aliphatic hydroxyl groups excluding tert-OH is 1. The van der Waals surface area contributed by atoms with Crippen molar-refractivity contribution in [1.82, 2.24) is 5.32 Å². The first-order valence-electron chi connectivity index (χ1n) is 15.7. The number of hydrogen-bond acceptors (Lipinski definition) is 9. The number of nitrogens with one attached hydrogen (secondary N) is 1. The quantitative estimate of drug-likeness (QED) is 0.0682. The normalized spacial score (nSPS) is 17.0. The number of nitrogens with zero attached hydrogens (tertiary/aromatic N) is 5. The Morgan fingerprint density at radius 1 is 1.02 bits per heavy atom. The molecule has 0 fully saturated rings. The number of sulfone groups is 1. The zero-order chi connectivity index (χ0) is 34.9. The van der Waals surface area contributed by atoms with E-state index in [2.05, 4.69) is 15.3 Å². The van der Waals surface area contributed by atoms with Gasteiger partial charge >= 0.3 is 0 Å². The second-order valence-electron chi connectivity index (χ2n) is 11.7. The molecule has 0 radical (unpaired) electrons. The van der Waals surface area contributed by atoms with Gasteiger partial charge in [0.15, 0.2) is 21.5 Å². The molecule has 2 N–H and O–H groups in total. The van der Waals surface area contributed by atoms with Crippen molar-refractivity contribution in [1.29, 1.82) is 0 Å². The summed E-state index contributed by atoms with van der Waals surface area (Å²) >= 11 is 0. The van der Waals surface area contributed by atoms with Crippen LogP contribution in [0.2, 0.25) is 0 Å². The van der Waals surface area contributed by atoms with Crippen LogP contribution in [-0.2, 0) is 25.9 Å². The monoisotopic (exact) mass is 682 g/mol. The molecule has 13 heteroatoms. The van der Waals surface area contributed by atoms with E-state index in [-0.39, 0.29) is 36.1 Å². The summed E-state index contributed by atoms with van der Waals surface area (Å²) in [5, 5.41) is 15.9.